The Morgan fingerprint density at radius 3 is 2.83 bits per heavy atom. The molecular formula is C19H21NO3. The van der Waals surface area contributed by atoms with E-state index in [1.165, 1.54) is 0 Å². The molecule has 4 heteroatoms. The van der Waals surface area contributed by atoms with E-state index < -0.39 is 0 Å². The maximum absolute atomic E-state index is 13.0. The SMILES string of the molecule is O=C(c1ccc2ccccc2c1O)N1CCC[C@@H]1[C@@H]1CCCO1. The number of nitrogens with zero attached hydrogens (tertiary/aromatic N) is 1. The predicted molar refractivity (Wildman–Crippen MR) is 88.6 cm³/mol. The van der Waals surface area contributed by atoms with E-state index in [1.54, 1.807) is 6.07 Å². The lowest BCUT2D eigenvalue weighted by Crippen LogP contribution is -2.42. The van der Waals surface area contributed by atoms with Gasteiger partial charge in [0.1, 0.15) is 5.75 Å². The Balaban J connectivity index is 1.67. The van der Waals surface area contributed by atoms with E-state index in [2.05, 4.69) is 0 Å². The zero-order valence-corrected chi connectivity index (χ0v) is 13.1. The number of hydrogen-bond acceptors (Lipinski definition) is 3. The van der Waals surface area contributed by atoms with Crippen LogP contribution in [0.3, 0.4) is 0 Å². The molecule has 0 saturated carbocycles. The second-order valence-corrected chi connectivity index (χ2v) is 6.44. The summed E-state index contributed by atoms with van der Waals surface area (Å²) in [4.78, 5) is 14.9. The lowest BCUT2D eigenvalue weighted by Gasteiger charge is -2.29. The lowest BCUT2D eigenvalue weighted by molar-refractivity contribution is 0.0339. The van der Waals surface area contributed by atoms with Crippen LogP contribution in [0.25, 0.3) is 10.8 Å². The summed E-state index contributed by atoms with van der Waals surface area (Å²) in [5, 5.41) is 12.2. The number of amides is 1. The molecule has 0 spiro atoms. The van der Waals surface area contributed by atoms with Crippen molar-refractivity contribution in [3.05, 3.63) is 42.0 Å². The van der Waals surface area contributed by atoms with Crippen LogP contribution in [0, 0.1) is 0 Å². The standard InChI is InChI=1S/C19H21NO3/c21-18-14-6-2-1-5-13(14)9-10-15(18)19(22)20-11-3-7-16(20)17-8-4-12-23-17/h1-2,5-6,9-10,16-17,21H,3-4,7-8,11-12H2/t16-,17+/m1/s1. The molecule has 4 nitrogen and oxygen atoms in total. The highest BCUT2D eigenvalue weighted by molar-refractivity contribution is 6.03. The smallest absolute Gasteiger partial charge is 0.257 e. The average molecular weight is 311 g/mol. The minimum absolute atomic E-state index is 0.0775. The van der Waals surface area contributed by atoms with Gasteiger partial charge in [-0.1, -0.05) is 30.3 Å². The van der Waals surface area contributed by atoms with Crippen LogP contribution in [0.2, 0.25) is 0 Å². The number of rotatable bonds is 2. The van der Waals surface area contributed by atoms with Crippen LogP contribution < -0.4 is 0 Å². The molecular weight excluding hydrogens is 290 g/mol. The first-order valence-electron chi connectivity index (χ1n) is 8.39. The first-order valence-corrected chi connectivity index (χ1v) is 8.39. The van der Waals surface area contributed by atoms with Gasteiger partial charge in [-0.15, -0.1) is 0 Å². The van der Waals surface area contributed by atoms with E-state index in [-0.39, 0.29) is 23.8 Å². The second kappa shape index (κ2) is 5.85. The molecule has 2 atom stereocenters. The molecule has 4 rings (SSSR count). The number of hydrogen-bond donors (Lipinski definition) is 1. The highest BCUT2D eigenvalue weighted by atomic mass is 16.5. The number of phenols is 1. The van der Waals surface area contributed by atoms with Crippen LogP contribution >= 0.6 is 0 Å². The van der Waals surface area contributed by atoms with E-state index in [9.17, 15) is 9.90 Å². The number of likely N-dealkylation sites (tertiary alicyclic amines) is 1. The summed E-state index contributed by atoms with van der Waals surface area (Å²) in [5.74, 6) is 0.0114. The molecule has 2 aliphatic heterocycles. The fraction of sp³-hybridized carbons (Fsp3) is 0.421. The van der Waals surface area contributed by atoms with Crippen molar-refractivity contribution in [3.8, 4) is 5.75 Å². The van der Waals surface area contributed by atoms with Crippen LogP contribution in [-0.2, 0) is 4.74 Å². The summed E-state index contributed by atoms with van der Waals surface area (Å²) in [5.41, 5.74) is 0.397. The molecule has 2 aromatic rings. The summed E-state index contributed by atoms with van der Waals surface area (Å²) in [6.45, 7) is 1.54. The fourth-order valence-electron chi connectivity index (χ4n) is 3.92. The van der Waals surface area contributed by atoms with Gasteiger partial charge in [-0.25, -0.2) is 0 Å². The van der Waals surface area contributed by atoms with Crippen LogP contribution in [0.1, 0.15) is 36.0 Å². The van der Waals surface area contributed by atoms with Crippen molar-refractivity contribution in [2.45, 2.75) is 37.8 Å². The molecule has 1 amide bonds. The van der Waals surface area contributed by atoms with Crippen molar-refractivity contribution < 1.29 is 14.6 Å². The Labute approximate surface area is 135 Å². The Kier molecular flexibility index (Phi) is 3.69. The van der Waals surface area contributed by atoms with Gasteiger partial charge in [0, 0.05) is 18.5 Å². The van der Waals surface area contributed by atoms with Gasteiger partial charge in [-0.2, -0.15) is 0 Å². The molecule has 0 aliphatic carbocycles. The van der Waals surface area contributed by atoms with E-state index in [0.29, 0.717) is 5.56 Å². The maximum Gasteiger partial charge on any atom is 0.257 e. The van der Waals surface area contributed by atoms with E-state index in [1.807, 2.05) is 35.2 Å². The van der Waals surface area contributed by atoms with Gasteiger partial charge in [0.05, 0.1) is 17.7 Å². The average Bonchev–Trinajstić information content (AvgIpc) is 3.26. The number of fused-ring (bicyclic) bond motifs is 1. The molecule has 120 valence electrons. The largest absolute Gasteiger partial charge is 0.506 e. The summed E-state index contributed by atoms with van der Waals surface area (Å²) < 4.78 is 5.80. The molecule has 2 heterocycles. The molecule has 0 aromatic heterocycles. The number of aromatic hydroxyl groups is 1. The molecule has 2 saturated heterocycles. The highest BCUT2D eigenvalue weighted by Gasteiger charge is 2.37. The maximum atomic E-state index is 13.0. The van der Waals surface area contributed by atoms with Crippen molar-refractivity contribution in [3.63, 3.8) is 0 Å². The van der Waals surface area contributed by atoms with Gasteiger partial charge >= 0.3 is 0 Å². The number of carbonyl (C=O) groups is 1. The normalized spacial score (nSPS) is 24.4. The van der Waals surface area contributed by atoms with Crippen LogP contribution in [0.15, 0.2) is 36.4 Å². The molecule has 0 bridgehead atoms. The highest BCUT2D eigenvalue weighted by Crippen LogP contribution is 2.33. The van der Waals surface area contributed by atoms with Gasteiger partial charge in [0.25, 0.3) is 5.91 Å². The zero-order chi connectivity index (χ0) is 15.8. The summed E-state index contributed by atoms with van der Waals surface area (Å²) in [6, 6.07) is 11.4. The number of benzene rings is 2. The summed E-state index contributed by atoms with van der Waals surface area (Å²) in [7, 11) is 0. The number of phenolic OH excluding ortho intramolecular Hbond substituents is 1. The minimum atomic E-state index is -0.0775. The first kappa shape index (κ1) is 14.5. The van der Waals surface area contributed by atoms with Crippen LogP contribution in [-0.4, -0.2) is 41.2 Å². The van der Waals surface area contributed by atoms with Crippen LogP contribution in [0.5, 0.6) is 5.75 Å². The Bertz CT molecular complexity index is 736. The zero-order valence-electron chi connectivity index (χ0n) is 13.1. The molecule has 0 unspecified atom stereocenters. The van der Waals surface area contributed by atoms with Crippen molar-refractivity contribution in [1.82, 2.24) is 4.90 Å². The summed E-state index contributed by atoms with van der Waals surface area (Å²) >= 11 is 0. The van der Waals surface area contributed by atoms with Gasteiger partial charge in [-0.05, 0) is 37.1 Å². The molecule has 2 aliphatic rings. The second-order valence-electron chi connectivity index (χ2n) is 6.44. The monoisotopic (exact) mass is 311 g/mol. The predicted octanol–water partition coefficient (Wildman–Crippen LogP) is 3.33. The van der Waals surface area contributed by atoms with E-state index >= 15 is 0 Å². The Morgan fingerprint density at radius 1 is 1.13 bits per heavy atom. The molecule has 1 N–H and O–H groups in total. The van der Waals surface area contributed by atoms with Crippen LogP contribution in [0.4, 0.5) is 0 Å². The number of carbonyl (C=O) groups excluding carboxylic acids is 1. The van der Waals surface area contributed by atoms with Crippen molar-refractivity contribution >= 4 is 16.7 Å². The van der Waals surface area contributed by atoms with E-state index in [0.717, 1.165) is 49.6 Å². The van der Waals surface area contributed by atoms with Gasteiger partial charge in [0.15, 0.2) is 0 Å². The summed E-state index contributed by atoms with van der Waals surface area (Å²) in [6.07, 6.45) is 4.25. The van der Waals surface area contributed by atoms with E-state index in [4.69, 9.17) is 4.74 Å². The van der Waals surface area contributed by atoms with Crippen molar-refractivity contribution in [2.24, 2.45) is 0 Å². The van der Waals surface area contributed by atoms with Gasteiger partial charge < -0.3 is 14.7 Å². The Hall–Kier alpha value is -2.07. The number of ether oxygens (including phenoxy) is 1. The first-order chi connectivity index (χ1) is 11.3. The molecule has 0 radical (unpaired) electrons. The van der Waals surface area contributed by atoms with Gasteiger partial charge in [0.2, 0.25) is 0 Å². The Morgan fingerprint density at radius 2 is 2.00 bits per heavy atom. The third kappa shape index (κ3) is 2.47. The fourth-order valence-corrected chi connectivity index (χ4v) is 3.92. The third-order valence-corrected chi connectivity index (χ3v) is 5.09. The molecule has 23 heavy (non-hydrogen) atoms. The minimum Gasteiger partial charge on any atom is -0.506 e. The van der Waals surface area contributed by atoms with Crippen molar-refractivity contribution in [2.75, 3.05) is 13.2 Å². The lowest BCUT2D eigenvalue weighted by atomic mass is 10.0. The van der Waals surface area contributed by atoms with Gasteiger partial charge in [-0.3, -0.25) is 4.79 Å². The third-order valence-electron chi connectivity index (χ3n) is 5.09. The quantitative estimate of drug-likeness (QED) is 0.925. The molecule has 2 aromatic carbocycles. The van der Waals surface area contributed by atoms with Crippen molar-refractivity contribution in [1.29, 1.82) is 0 Å². The topological polar surface area (TPSA) is 49.8 Å². The molecule has 2 fully saturated rings.